The van der Waals surface area contributed by atoms with Crippen molar-refractivity contribution in [3.63, 3.8) is 0 Å². The molecule has 1 heterocycles. The lowest BCUT2D eigenvalue weighted by Crippen LogP contribution is -2.45. The molecule has 1 aliphatic heterocycles. The van der Waals surface area contributed by atoms with E-state index < -0.39 is 34.9 Å². The van der Waals surface area contributed by atoms with Gasteiger partial charge in [0.15, 0.2) is 0 Å². The largest absolute Gasteiger partial charge is 0.481 e. The minimum absolute atomic E-state index is 0.0605. The number of benzene rings is 2. The number of halogens is 7. The first-order valence-electron chi connectivity index (χ1n) is 9.93. The number of piperidine rings is 1. The molecule has 0 aromatic heterocycles. The highest BCUT2D eigenvalue weighted by Gasteiger charge is 2.41. The zero-order chi connectivity index (χ0) is 24.9. The predicted octanol–water partition coefficient (Wildman–Crippen LogP) is 5.49. The van der Waals surface area contributed by atoms with Crippen molar-refractivity contribution in [1.29, 1.82) is 0 Å². The lowest BCUT2D eigenvalue weighted by molar-refractivity contribution is -0.145. The summed E-state index contributed by atoms with van der Waals surface area (Å²) in [4.78, 5) is 11.5. The normalized spacial score (nSPS) is 16.0. The first kappa shape index (κ1) is 26.9. The van der Waals surface area contributed by atoms with Crippen LogP contribution in [0.15, 0.2) is 42.5 Å². The van der Waals surface area contributed by atoms with Crippen molar-refractivity contribution in [2.45, 2.75) is 37.2 Å². The molecule has 0 spiro atoms. The van der Waals surface area contributed by atoms with Crippen LogP contribution in [0.5, 0.6) is 0 Å². The van der Waals surface area contributed by atoms with Crippen molar-refractivity contribution in [3.8, 4) is 0 Å². The van der Waals surface area contributed by atoms with E-state index >= 15 is 0 Å². The average Bonchev–Trinajstić information content (AvgIpc) is 2.74. The van der Waals surface area contributed by atoms with Gasteiger partial charge in [-0.25, -0.2) is 0 Å². The van der Waals surface area contributed by atoms with Crippen molar-refractivity contribution in [2.75, 3.05) is 20.1 Å². The molecule has 0 bridgehead atoms. The van der Waals surface area contributed by atoms with E-state index in [2.05, 4.69) is 10.6 Å². The molecule has 0 saturated carbocycles. The molecule has 11 heteroatoms. The minimum atomic E-state index is -4.79. The molecule has 3 N–H and O–H groups in total. The fourth-order valence-corrected chi connectivity index (χ4v) is 3.70. The zero-order valence-electron chi connectivity index (χ0n) is 17.6. The van der Waals surface area contributed by atoms with Crippen LogP contribution in [0.3, 0.4) is 0 Å². The van der Waals surface area contributed by atoms with Crippen LogP contribution in [0.25, 0.3) is 0 Å². The molecule has 0 atom stereocenters. The van der Waals surface area contributed by atoms with E-state index in [-0.39, 0.29) is 18.2 Å². The smallest absolute Gasteiger partial charge is 0.416 e. The number of hydrogen-bond donors (Lipinski definition) is 3. The third-order valence-electron chi connectivity index (χ3n) is 5.29. The van der Waals surface area contributed by atoms with Crippen LogP contribution < -0.4 is 10.6 Å². The molecule has 182 valence electrons. The number of carbonyl (C=O) groups is 1. The van der Waals surface area contributed by atoms with Crippen molar-refractivity contribution in [3.05, 3.63) is 69.7 Å². The molecule has 4 nitrogen and oxygen atoms in total. The van der Waals surface area contributed by atoms with E-state index in [0.717, 1.165) is 18.7 Å². The topological polar surface area (TPSA) is 61.4 Å². The lowest BCUT2D eigenvalue weighted by atomic mass is 9.73. The number of nitrogens with one attached hydrogen (secondary N) is 2. The van der Waals surface area contributed by atoms with Gasteiger partial charge < -0.3 is 15.7 Å². The molecule has 2 aromatic carbocycles. The van der Waals surface area contributed by atoms with E-state index in [1.807, 2.05) is 12.1 Å². The number of carboxylic acids is 1. The molecular formula is C22H23ClF6N2O2. The monoisotopic (exact) mass is 496 g/mol. The van der Waals surface area contributed by atoms with Crippen LogP contribution >= 0.6 is 11.6 Å². The Morgan fingerprint density at radius 2 is 1.48 bits per heavy atom. The first-order chi connectivity index (χ1) is 15.3. The summed E-state index contributed by atoms with van der Waals surface area (Å²) < 4.78 is 74.3. The summed E-state index contributed by atoms with van der Waals surface area (Å²) in [6, 6.07) is 8.66. The van der Waals surface area contributed by atoms with Crippen molar-refractivity contribution in [1.82, 2.24) is 10.6 Å². The summed E-state index contributed by atoms with van der Waals surface area (Å²) in [5, 5.41) is 15.8. The number of alkyl halides is 6. The van der Waals surface area contributed by atoms with Gasteiger partial charge in [-0.05, 0) is 74.4 Å². The fraction of sp³-hybridized carbons (Fsp3) is 0.409. The van der Waals surface area contributed by atoms with E-state index in [4.69, 9.17) is 11.6 Å². The molecule has 0 aliphatic carbocycles. The summed E-state index contributed by atoms with van der Waals surface area (Å²) in [5.41, 5.74) is -2.54. The number of rotatable bonds is 4. The highest BCUT2D eigenvalue weighted by atomic mass is 35.5. The van der Waals surface area contributed by atoms with Crippen LogP contribution in [0.4, 0.5) is 26.3 Å². The fourth-order valence-electron chi connectivity index (χ4n) is 3.57. The molecule has 0 amide bonds. The summed E-state index contributed by atoms with van der Waals surface area (Å²) >= 11 is 5.82. The van der Waals surface area contributed by atoms with Crippen LogP contribution in [0.1, 0.15) is 35.1 Å². The van der Waals surface area contributed by atoms with Gasteiger partial charge in [0.1, 0.15) is 0 Å². The second-order valence-electron chi connectivity index (χ2n) is 7.59. The highest BCUT2D eigenvalue weighted by molar-refractivity contribution is 6.30. The second-order valence-corrected chi connectivity index (χ2v) is 8.03. The molecule has 1 aliphatic rings. The van der Waals surface area contributed by atoms with Crippen LogP contribution in [0.2, 0.25) is 5.02 Å². The Morgan fingerprint density at radius 1 is 1.00 bits per heavy atom. The Labute approximate surface area is 191 Å². The Hall–Kier alpha value is -2.30. The SMILES string of the molecule is CNCc1cc(C(F)(F)F)cc(C(F)(F)F)c1.O=C(O)C1(c2ccc(Cl)cc2)CCNCC1. The molecule has 3 rings (SSSR count). The number of carboxylic acid groups (broad SMARTS) is 1. The average molecular weight is 497 g/mol. The highest BCUT2D eigenvalue weighted by Crippen LogP contribution is 2.36. The van der Waals surface area contributed by atoms with Gasteiger partial charge in [-0.1, -0.05) is 23.7 Å². The standard InChI is InChI=1S/C12H14ClNO2.C10H9F6N/c13-10-3-1-9(2-4-10)12(11(15)16)5-7-14-8-6-12;1-17-5-6-2-7(9(11,12)13)4-8(3-6)10(14,15)16/h1-4,14H,5-8H2,(H,15,16);2-4,17H,5H2,1H3. The van der Waals surface area contributed by atoms with Gasteiger partial charge in [0.2, 0.25) is 0 Å². The van der Waals surface area contributed by atoms with E-state index in [0.29, 0.717) is 30.0 Å². The number of hydrogen-bond acceptors (Lipinski definition) is 3. The minimum Gasteiger partial charge on any atom is -0.481 e. The van der Waals surface area contributed by atoms with Gasteiger partial charge >= 0.3 is 18.3 Å². The maximum absolute atomic E-state index is 12.4. The number of aliphatic carboxylic acids is 1. The maximum atomic E-state index is 12.4. The molecular weight excluding hydrogens is 474 g/mol. The quantitative estimate of drug-likeness (QED) is 0.490. The molecule has 1 fully saturated rings. The lowest BCUT2D eigenvalue weighted by Gasteiger charge is -2.34. The van der Waals surface area contributed by atoms with Gasteiger partial charge in [0.05, 0.1) is 16.5 Å². The Kier molecular flexibility index (Phi) is 8.78. The Balaban J connectivity index is 0.000000234. The summed E-state index contributed by atoms with van der Waals surface area (Å²) in [5.74, 6) is -0.740. The van der Waals surface area contributed by atoms with Gasteiger partial charge in [-0.15, -0.1) is 0 Å². The third-order valence-corrected chi connectivity index (χ3v) is 5.54. The van der Waals surface area contributed by atoms with Crippen molar-refractivity contribution in [2.24, 2.45) is 0 Å². The van der Waals surface area contributed by atoms with Gasteiger partial charge in [-0.2, -0.15) is 26.3 Å². The van der Waals surface area contributed by atoms with Crippen LogP contribution in [-0.2, 0) is 29.1 Å². The molecule has 1 saturated heterocycles. The van der Waals surface area contributed by atoms with Crippen LogP contribution in [-0.4, -0.2) is 31.2 Å². The Bertz CT molecular complexity index is 907. The summed E-state index contributed by atoms with van der Waals surface area (Å²) in [7, 11) is 1.44. The summed E-state index contributed by atoms with van der Waals surface area (Å²) in [6.45, 7) is 1.43. The molecule has 33 heavy (non-hydrogen) atoms. The van der Waals surface area contributed by atoms with E-state index in [9.17, 15) is 36.2 Å². The zero-order valence-corrected chi connectivity index (χ0v) is 18.3. The van der Waals surface area contributed by atoms with Crippen LogP contribution in [0, 0.1) is 0 Å². The van der Waals surface area contributed by atoms with Gasteiger partial charge in [0.25, 0.3) is 0 Å². The van der Waals surface area contributed by atoms with Crippen molar-refractivity contribution < 1.29 is 36.2 Å². The van der Waals surface area contributed by atoms with E-state index in [1.165, 1.54) is 7.05 Å². The second kappa shape index (κ2) is 10.8. The molecule has 2 aromatic rings. The third kappa shape index (κ3) is 7.09. The van der Waals surface area contributed by atoms with Gasteiger partial charge in [0, 0.05) is 11.6 Å². The van der Waals surface area contributed by atoms with Crippen molar-refractivity contribution >= 4 is 17.6 Å². The molecule has 0 radical (unpaired) electrons. The maximum Gasteiger partial charge on any atom is 0.416 e. The predicted molar refractivity (Wildman–Crippen MR) is 112 cm³/mol. The molecule has 0 unspecified atom stereocenters. The van der Waals surface area contributed by atoms with E-state index in [1.54, 1.807) is 12.1 Å². The summed E-state index contributed by atoms with van der Waals surface area (Å²) in [6.07, 6.45) is -8.32. The first-order valence-corrected chi connectivity index (χ1v) is 10.3. The Morgan fingerprint density at radius 3 is 1.88 bits per heavy atom. The van der Waals surface area contributed by atoms with Gasteiger partial charge in [-0.3, -0.25) is 4.79 Å².